The van der Waals surface area contributed by atoms with Crippen LogP contribution in [0.15, 0.2) is 30.6 Å². The van der Waals surface area contributed by atoms with E-state index in [-0.39, 0.29) is 12.5 Å². The molecule has 1 aromatic heterocycles. The van der Waals surface area contributed by atoms with Gasteiger partial charge in [-0.3, -0.25) is 9.48 Å². The van der Waals surface area contributed by atoms with E-state index in [1.807, 2.05) is 6.92 Å². The molecule has 0 unspecified atom stereocenters. The van der Waals surface area contributed by atoms with Crippen LogP contribution in [-0.4, -0.2) is 29.4 Å². The van der Waals surface area contributed by atoms with E-state index in [9.17, 15) is 4.79 Å². The van der Waals surface area contributed by atoms with Crippen molar-refractivity contribution in [2.45, 2.75) is 13.5 Å². The topological polar surface area (TPSA) is 91.4 Å². The number of rotatable bonds is 6. The second-order valence-electron chi connectivity index (χ2n) is 4.32. The Hall–Kier alpha value is -2.70. The standard InChI is InChI=1S/C14H18N4O3/c1-3-21-12-5-4-11(6-13(12)20-2)17-14(19)9-18-8-10(15)7-16-18/h4-8H,3,9,15H2,1-2H3,(H,17,19). The maximum absolute atomic E-state index is 11.9. The van der Waals surface area contributed by atoms with Crippen molar-refractivity contribution in [3.8, 4) is 11.5 Å². The third-order valence-electron chi connectivity index (χ3n) is 2.71. The normalized spacial score (nSPS) is 10.2. The third-order valence-corrected chi connectivity index (χ3v) is 2.71. The molecule has 0 aliphatic rings. The second kappa shape index (κ2) is 6.65. The summed E-state index contributed by atoms with van der Waals surface area (Å²) in [6.07, 6.45) is 3.09. The highest BCUT2D eigenvalue weighted by atomic mass is 16.5. The Morgan fingerprint density at radius 3 is 2.86 bits per heavy atom. The van der Waals surface area contributed by atoms with Gasteiger partial charge >= 0.3 is 0 Å². The van der Waals surface area contributed by atoms with Crippen LogP contribution in [0.5, 0.6) is 11.5 Å². The van der Waals surface area contributed by atoms with E-state index in [1.165, 1.54) is 10.9 Å². The molecular weight excluding hydrogens is 272 g/mol. The van der Waals surface area contributed by atoms with E-state index < -0.39 is 0 Å². The Morgan fingerprint density at radius 1 is 1.43 bits per heavy atom. The van der Waals surface area contributed by atoms with Crippen molar-refractivity contribution in [1.29, 1.82) is 0 Å². The van der Waals surface area contributed by atoms with E-state index in [4.69, 9.17) is 15.2 Å². The van der Waals surface area contributed by atoms with Crippen molar-refractivity contribution < 1.29 is 14.3 Å². The number of ether oxygens (including phenoxy) is 2. The van der Waals surface area contributed by atoms with Gasteiger partial charge in [0.1, 0.15) is 6.54 Å². The van der Waals surface area contributed by atoms with E-state index >= 15 is 0 Å². The zero-order chi connectivity index (χ0) is 15.2. The van der Waals surface area contributed by atoms with Crippen LogP contribution < -0.4 is 20.5 Å². The molecule has 0 bridgehead atoms. The lowest BCUT2D eigenvalue weighted by Crippen LogP contribution is -2.19. The van der Waals surface area contributed by atoms with Gasteiger partial charge in [0.15, 0.2) is 11.5 Å². The molecule has 1 heterocycles. The fourth-order valence-corrected chi connectivity index (χ4v) is 1.83. The molecule has 7 heteroatoms. The van der Waals surface area contributed by atoms with Gasteiger partial charge in [0.2, 0.25) is 5.91 Å². The zero-order valence-corrected chi connectivity index (χ0v) is 12.0. The highest BCUT2D eigenvalue weighted by Gasteiger charge is 2.08. The monoisotopic (exact) mass is 290 g/mol. The van der Waals surface area contributed by atoms with E-state index in [0.29, 0.717) is 29.5 Å². The minimum absolute atomic E-state index is 0.0900. The Bertz CT molecular complexity index is 624. The molecule has 0 aliphatic carbocycles. The first-order chi connectivity index (χ1) is 10.1. The van der Waals surface area contributed by atoms with Crippen molar-refractivity contribution in [2.75, 3.05) is 24.8 Å². The molecule has 0 atom stereocenters. The lowest BCUT2D eigenvalue weighted by atomic mass is 10.2. The van der Waals surface area contributed by atoms with Crippen LogP contribution in [0.2, 0.25) is 0 Å². The van der Waals surface area contributed by atoms with Crippen molar-refractivity contribution in [3.05, 3.63) is 30.6 Å². The number of carbonyl (C=O) groups excluding carboxylic acids is 1. The number of hydrogen-bond donors (Lipinski definition) is 2. The highest BCUT2D eigenvalue weighted by Crippen LogP contribution is 2.30. The smallest absolute Gasteiger partial charge is 0.246 e. The molecule has 0 saturated carbocycles. The van der Waals surface area contributed by atoms with Gasteiger partial charge in [-0.2, -0.15) is 5.10 Å². The van der Waals surface area contributed by atoms with Gasteiger partial charge in [-0.25, -0.2) is 0 Å². The fraction of sp³-hybridized carbons (Fsp3) is 0.286. The number of benzene rings is 1. The summed E-state index contributed by atoms with van der Waals surface area (Å²) < 4.78 is 12.1. The average Bonchev–Trinajstić information content (AvgIpc) is 2.85. The average molecular weight is 290 g/mol. The van der Waals surface area contributed by atoms with Crippen LogP contribution in [0, 0.1) is 0 Å². The summed E-state index contributed by atoms with van der Waals surface area (Å²) in [7, 11) is 1.55. The Morgan fingerprint density at radius 2 is 2.24 bits per heavy atom. The summed E-state index contributed by atoms with van der Waals surface area (Å²) in [5, 5.41) is 6.72. The van der Waals surface area contributed by atoms with Crippen molar-refractivity contribution in [3.63, 3.8) is 0 Å². The first kappa shape index (κ1) is 14.7. The first-order valence-corrected chi connectivity index (χ1v) is 6.51. The number of nitrogens with one attached hydrogen (secondary N) is 1. The zero-order valence-electron chi connectivity index (χ0n) is 12.0. The van der Waals surface area contributed by atoms with Crippen LogP contribution in [0.1, 0.15) is 6.92 Å². The van der Waals surface area contributed by atoms with E-state index in [2.05, 4.69) is 10.4 Å². The molecule has 0 fully saturated rings. The predicted octanol–water partition coefficient (Wildman–Crippen LogP) is 1.51. The quantitative estimate of drug-likeness (QED) is 0.841. The number of nitrogens with zero attached hydrogens (tertiary/aromatic N) is 2. The number of nitrogen functional groups attached to an aromatic ring is 1. The minimum Gasteiger partial charge on any atom is -0.493 e. The molecule has 0 spiro atoms. The van der Waals surface area contributed by atoms with Crippen molar-refractivity contribution in [2.24, 2.45) is 0 Å². The van der Waals surface area contributed by atoms with Gasteiger partial charge in [0.05, 0.1) is 25.6 Å². The summed E-state index contributed by atoms with van der Waals surface area (Å²) in [6.45, 7) is 2.53. The summed E-state index contributed by atoms with van der Waals surface area (Å²) >= 11 is 0. The van der Waals surface area contributed by atoms with Crippen LogP contribution in [0.3, 0.4) is 0 Å². The number of anilines is 2. The fourth-order valence-electron chi connectivity index (χ4n) is 1.83. The first-order valence-electron chi connectivity index (χ1n) is 6.51. The molecule has 0 radical (unpaired) electrons. The number of hydrogen-bond acceptors (Lipinski definition) is 5. The summed E-state index contributed by atoms with van der Waals surface area (Å²) in [6, 6.07) is 5.22. The van der Waals surface area contributed by atoms with Crippen molar-refractivity contribution >= 4 is 17.3 Å². The highest BCUT2D eigenvalue weighted by molar-refractivity contribution is 5.90. The lowest BCUT2D eigenvalue weighted by Gasteiger charge is -2.11. The molecule has 21 heavy (non-hydrogen) atoms. The number of aromatic nitrogens is 2. The molecule has 7 nitrogen and oxygen atoms in total. The van der Waals surface area contributed by atoms with E-state index in [0.717, 1.165) is 0 Å². The maximum Gasteiger partial charge on any atom is 0.246 e. The largest absolute Gasteiger partial charge is 0.493 e. The van der Waals surface area contributed by atoms with Gasteiger partial charge < -0.3 is 20.5 Å². The lowest BCUT2D eigenvalue weighted by molar-refractivity contribution is -0.116. The Labute approximate surface area is 122 Å². The third kappa shape index (κ3) is 3.88. The molecule has 1 aromatic carbocycles. The summed E-state index contributed by atoms with van der Waals surface area (Å²) in [5.74, 6) is 1.00. The van der Waals surface area contributed by atoms with Crippen LogP contribution in [0.25, 0.3) is 0 Å². The molecule has 0 saturated heterocycles. The SMILES string of the molecule is CCOc1ccc(NC(=O)Cn2cc(N)cn2)cc1OC. The number of methoxy groups -OCH3 is 1. The number of amides is 1. The molecule has 0 aliphatic heterocycles. The molecule has 2 aromatic rings. The van der Waals surface area contributed by atoms with Crippen LogP contribution in [-0.2, 0) is 11.3 Å². The van der Waals surface area contributed by atoms with Crippen LogP contribution in [0.4, 0.5) is 11.4 Å². The van der Waals surface area contributed by atoms with E-state index in [1.54, 1.807) is 31.5 Å². The van der Waals surface area contributed by atoms with Crippen molar-refractivity contribution in [1.82, 2.24) is 9.78 Å². The van der Waals surface area contributed by atoms with Gasteiger partial charge in [0.25, 0.3) is 0 Å². The summed E-state index contributed by atoms with van der Waals surface area (Å²) in [4.78, 5) is 11.9. The Balaban J connectivity index is 2.03. The maximum atomic E-state index is 11.9. The second-order valence-corrected chi connectivity index (χ2v) is 4.32. The molecule has 3 N–H and O–H groups in total. The summed E-state index contributed by atoms with van der Waals surface area (Å²) in [5.41, 5.74) is 6.69. The molecular formula is C14H18N4O3. The van der Waals surface area contributed by atoms with Gasteiger partial charge in [-0.1, -0.05) is 0 Å². The number of carbonyl (C=O) groups is 1. The van der Waals surface area contributed by atoms with Gasteiger partial charge in [0, 0.05) is 18.0 Å². The van der Waals surface area contributed by atoms with Gasteiger partial charge in [-0.05, 0) is 19.1 Å². The Kier molecular flexibility index (Phi) is 4.65. The number of nitrogens with two attached hydrogens (primary N) is 1. The predicted molar refractivity (Wildman–Crippen MR) is 79.4 cm³/mol. The molecule has 2 rings (SSSR count). The molecule has 112 valence electrons. The minimum atomic E-state index is -0.204. The molecule has 1 amide bonds. The van der Waals surface area contributed by atoms with Crippen LogP contribution >= 0.6 is 0 Å². The van der Waals surface area contributed by atoms with Gasteiger partial charge in [-0.15, -0.1) is 0 Å².